The van der Waals surface area contributed by atoms with Gasteiger partial charge in [0.05, 0.1) is 12.5 Å². The lowest BCUT2D eigenvalue weighted by atomic mass is 10.1. The molecule has 0 aliphatic carbocycles. The molecule has 1 amide bonds. The zero-order valence-electron chi connectivity index (χ0n) is 5.22. The molecule has 9 heavy (non-hydrogen) atoms. The summed E-state index contributed by atoms with van der Waals surface area (Å²) in [6.45, 7) is 2.32. The number of carbonyl (C=O) groups excluding carboxylic acids is 1. The molecule has 4 nitrogen and oxygen atoms in total. The van der Waals surface area contributed by atoms with Crippen molar-refractivity contribution in [3.63, 3.8) is 0 Å². The van der Waals surface area contributed by atoms with Crippen LogP contribution in [0, 0.1) is 5.92 Å². The molecule has 4 heteroatoms. The van der Waals surface area contributed by atoms with E-state index < -0.39 is 0 Å². The van der Waals surface area contributed by atoms with Crippen molar-refractivity contribution in [2.45, 2.75) is 6.92 Å². The lowest BCUT2D eigenvalue weighted by molar-refractivity contribution is -0.123. The Kier molecular flexibility index (Phi) is 1.38. The first kappa shape index (κ1) is 6.07. The molecule has 50 valence electrons. The molecular weight excluding hydrogens is 118 g/mol. The molecule has 0 aromatic carbocycles. The Hall–Kier alpha value is -1.06. The number of amides is 1. The second-order valence-corrected chi connectivity index (χ2v) is 2.12. The number of rotatable bonds is 0. The molecule has 0 spiro atoms. The van der Waals surface area contributed by atoms with E-state index in [0.29, 0.717) is 6.54 Å². The summed E-state index contributed by atoms with van der Waals surface area (Å²) in [6.07, 6.45) is 0. The van der Waals surface area contributed by atoms with Gasteiger partial charge >= 0.3 is 0 Å². The summed E-state index contributed by atoms with van der Waals surface area (Å²) in [7, 11) is 0. The third-order valence-electron chi connectivity index (χ3n) is 1.23. The topological polar surface area (TPSA) is 67.5 Å². The molecule has 0 radical (unpaired) electrons. The molecule has 1 heterocycles. The molecule has 0 unspecified atom stereocenters. The van der Waals surface area contributed by atoms with Crippen LogP contribution in [-0.4, -0.2) is 18.4 Å². The van der Waals surface area contributed by atoms with E-state index >= 15 is 0 Å². The van der Waals surface area contributed by atoms with E-state index in [4.69, 9.17) is 5.73 Å². The number of guanidine groups is 1. The number of nitrogens with two attached hydrogens (primary N) is 1. The van der Waals surface area contributed by atoms with Crippen molar-refractivity contribution in [3.8, 4) is 0 Å². The van der Waals surface area contributed by atoms with Crippen molar-refractivity contribution in [1.29, 1.82) is 0 Å². The Morgan fingerprint density at radius 2 is 2.56 bits per heavy atom. The van der Waals surface area contributed by atoms with E-state index in [1.165, 1.54) is 0 Å². The first-order valence-electron chi connectivity index (χ1n) is 2.81. The molecule has 1 rings (SSSR count). The molecule has 0 saturated carbocycles. The number of hydrogen-bond donors (Lipinski definition) is 2. The van der Waals surface area contributed by atoms with Gasteiger partial charge in [-0.3, -0.25) is 15.1 Å². The highest BCUT2D eigenvalue weighted by Gasteiger charge is 2.16. The maximum absolute atomic E-state index is 10.7. The first-order valence-corrected chi connectivity index (χ1v) is 2.81. The van der Waals surface area contributed by atoms with Crippen molar-refractivity contribution in [2.24, 2.45) is 16.6 Å². The monoisotopic (exact) mass is 127 g/mol. The predicted molar refractivity (Wildman–Crippen MR) is 33.8 cm³/mol. The fourth-order valence-electron chi connectivity index (χ4n) is 0.607. The summed E-state index contributed by atoms with van der Waals surface area (Å²) in [6, 6.07) is 0. The Morgan fingerprint density at radius 1 is 1.89 bits per heavy atom. The van der Waals surface area contributed by atoms with Gasteiger partial charge in [-0.25, -0.2) is 0 Å². The Labute approximate surface area is 53.1 Å². The molecule has 0 aromatic rings. The molecule has 0 saturated heterocycles. The average molecular weight is 127 g/mol. The van der Waals surface area contributed by atoms with Crippen molar-refractivity contribution in [2.75, 3.05) is 6.54 Å². The van der Waals surface area contributed by atoms with E-state index in [1.54, 1.807) is 0 Å². The standard InChI is InChI=1S/C5H9N3O/c1-3-2-7-5(6)8-4(3)9/h3H,2H2,1H3,(H3,6,7,8,9)/t3-/m0/s1. The molecule has 0 bridgehead atoms. The Balaban J connectivity index is 2.65. The zero-order chi connectivity index (χ0) is 6.85. The summed E-state index contributed by atoms with van der Waals surface area (Å²) in [5.74, 6) is 0.165. The van der Waals surface area contributed by atoms with Crippen LogP contribution in [0.3, 0.4) is 0 Å². The maximum atomic E-state index is 10.7. The highest BCUT2D eigenvalue weighted by molar-refractivity contribution is 5.98. The van der Waals surface area contributed by atoms with Crippen LogP contribution in [0.5, 0.6) is 0 Å². The van der Waals surface area contributed by atoms with Crippen molar-refractivity contribution in [3.05, 3.63) is 0 Å². The van der Waals surface area contributed by atoms with Crippen LogP contribution in [0.1, 0.15) is 6.92 Å². The summed E-state index contributed by atoms with van der Waals surface area (Å²) in [4.78, 5) is 14.6. The van der Waals surface area contributed by atoms with Crippen LogP contribution < -0.4 is 11.1 Å². The lowest BCUT2D eigenvalue weighted by Gasteiger charge is -2.14. The third-order valence-corrected chi connectivity index (χ3v) is 1.23. The first-order chi connectivity index (χ1) is 4.20. The maximum Gasteiger partial charge on any atom is 0.231 e. The number of aliphatic imine (C=N–C) groups is 1. The fourth-order valence-corrected chi connectivity index (χ4v) is 0.607. The van der Waals surface area contributed by atoms with Gasteiger partial charge in [-0.15, -0.1) is 0 Å². The van der Waals surface area contributed by atoms with E-state index in [9.17, 15) is 4.79 Å². The van der Waals surface area contributed by atoms with Gasteiger partial charge in [0.2, 0.25) is 5.91 Å². The van der Waals surface area contributed by atoms with E-state index in [-0.39, 0.29) is 17.8 Å². The fraction of sp³-hybridized carbons (Fsp3) is 0.600. The van der Waals surface area contributed by atoms with Gasteiger partial charge in [0, 0.05) is 0 Å². The van der Waals surface area contributed by atoms with E-state index in [1.807, 2.05) is 6.92 Å². The molecule has 3 N–H and O–H groups in total. The van der Waals surface area contributed by atoms with Gasteiger partial charge in [0.15, 0.2) is 5.96 Å². The summed E-state index contributed by atoms with van der Waals surface area (Å²) >= 11 is 0. The minimum absolute atomic E-state index is 0.0303. The second kappa shape index (κ2) is 2.05. The van der Waals surface area contributed by atoms with E-state index in [2.05, 4.69) is 10.3 Å². The number of nitrogens with zero attached hydrogens (tertiary/aromatic N) is 1. The van der Waals surface area contributed by atoms with Crippen LogP contribution in [0.15, 0.2) is 4.99 Å². The van der Waals surface area contributed by atoms with Crippen molar-refractivity contribution in [1.82, 2.24) is 5.32 Å². The van der Waals surface area contributed by atoms with Crippen molar-refractivity contribution < 1.29 is 4.79 Å². The van der Waals surface area contributed by atoms with E-state index in [0.717, 1.165) is 0 Å². The lowest BCUT2D eigenvalue weighted by Crippen LogP contribution is -2.44. The molecule has 1 atom stereocenters. The van der Waals surface area contributed by atoms with Crippen LogP contribution in [0.4, 0.5) is 0 Å². The largest absolute Gasteiger partial charge is 0.370 e. The van der Waals surface area contributed by atoms with Gasteiger partial charge in [-0.05, 0) is 0 Å². The number of hydrogen-bond acceptors (Lipinski definition) is 3. The predicted octanol–water partition coefficient (Wildman–Crippen LogP) is -0.933. The molecular formula is C5H9N3O. The summed E-state index contributed by atoms with van der Waals surface area (Å²) < 4.78 is 0. The summed E-state index contributed by atoms with van der Waals surface area (Å²) in [5.41, 5.74) is 5.21. The highest BCUT2D eigenvalue weighted by atomic mass is 16.2. The smallest absolute Gasteiger partial charge is 0.231 e. The molecule has 1 aliphatic heterocycles. The summed E-state index contributed by atoms with van der Waals surface area (Å²) in [5, 5.41) is 2.42. The van der Waals surface area contributed by atoms with Gasteiger partial charge in [0.25, 0.3) is 0 Å². The normalized spacial score (nSPS) is 27.0. The number of nitrogens with one attached hydrogen (secondary N) is 1. The zero-order valence-corrected chi connectivity index (χ0v) is 5.22. The van der Waals surface area contributed by atoms with Crippen LogP contribution in [0.25, 0.3) is 0 Å². The van der Waals surface area contributed by atoms with Crippen LogP contribution >= 0.6 is 0 Å². The van der Waals surface area contributed by atoms with Crippen LogP contribution in [-0.2, 0) is 4.79 Å². The highest BCUT2D eigenvalue weighted by Crippen LogP contribution is 1.98. The Bertz CT molecular complexity index is 164. The molecule has 1 aliphatic rings. The quantitative estimate of drug-likeness (QED) is 0.441. The number of carbonyl (C=O) groups is 1. The SMILES string of the molecule is C[C@H]1CN=C(N)NC1=O. The van der Waals surface area contributed by atoms with Crippen LogP contribution in [0.2, 0.25) is 0 Å². The Morgan fingerprint density at radius 3 is 3.00 bits per heavy atom. The minimum atomic E-state index is -0.0394. The van der Waals surface area contributed by atoms with Gasteiger partial charge < -0.3 is 5.73 Å². The van der Waals surface area contributed by atoms with Gasteiger partial charge in [0.1, 0.15) is 0 Å². The third kappa shape index (κ3) is 1.19. The average Bonchev–Trinajstić information content (AvgIpc) is 1.80. The minimum Gasteiger partial charge on any atom is -0.370 e. The van der Waals surface area contributed by atoms with Crippen molar-refractivity contribution >= 4 is 11.9 Å². The van der Waals surface area contributed by atoms with Gasteiger partial charge in [-0.1, -0.05) is 6.92 Å². The molecule has 0 aromatic heterocycles. The molecule has 0 fully saturated rings. The second-order valence-electron chi connectivity index (χ2n) is 2.12. The van der Waals surface area contributed by atoms with Gasteiger partial charge in [-0.2, -0.15) is 0 Å².